The van der Waals surface area contributed by atoms with Gasteiger partial charge in [-0.05, 0) is 32.2 Å². The van der Waals surface area contributed by atoms with E-state index >= 15 is 0 Å². The minimum Gasteiger partial charge on any atom is -0.379 e. The highest BCUT2D eigenvalue weighted by Gasteiger charge is 2.17. The molecule has 0 aliphatic heterocycles. The zero-order chi connectivity index (χ0) is 24.7. The number of primary amides is 1. The lowest BCUT2D eigenvalue weighted by Gasteiger charge is -2.15. The highest BCUT2D eigenvalue weighted by Crippen LogP contribution is 2.00. The van der Waals surface area contributed by atoms with E-state index in [1.165, 1.54) is 0 Å². The normalized spacial score (nSPS) is 12.1. The summed E-state index contributed by atoms with van der Waals surface area (Å²) in [6, 6.07) is -0.283. The number of nitrogens with one attached hydrogen (secondary N) is 2. The zero-order valence-electron chi connectivity index (χ0n) is 20.3. The third-order valence-corrected chi connectivity index (χ3v) is 4.41. The number of unbranched alkanes of at least 4 members (excludes halogenated alkanes) is 1. The van der Waals surface area contributed by atoms with E-state index < -0.39 is 17.9 Å². The minimum absolute atomic E-state index is 0.0171. The van der Waals surface area contributed by atoms with Crippen molar-refractivity contribution in [3.05, 3.63) is 0 Å². The number of carbonyl (C=O) groups excluding carboxylic acids is 3. The molecule has 0 aromatic carbocycles. The molecule has 11 nitrogen and oxygen atoms in total. The standard InChI is InChI=1S/C22H44N4O7/c1-18(2)25-9-11-31-13-14-32-16-19(27)6-5-10-30-12-15-33-17-21(28)26-20(22(24)29)7-3-4-8-23/h18,20,25H,3-17,23H2,1-2H3,(H2,24,29)(H,26,28)/t20-/m0/s1. The number of carbonyl (C=O) groups is 3. The molecule has 194 valence electrons. The minimum atomic E-state index is -0.718. The van der Waals surface area contributed by atoms with Gasteiger partial charge in [-0.1, -0.05) is 13.8 Å². The van der Waals surface area contributed by atoms with E-state index in [1.807, 2.05) is 0 Å². The largest absolute Gasteiger partial charge is 0.379 e. The number of ether oxygens (including phenoxy) is 4. The molecule has 0 aromatic heterocycles. The van der Waals surface area contributed by atoms with Gasteiger partial charge in [0.2, 0.25) is 11.8 Å². The molecule has 0 aromatic rings. The van der Waals surface area contributed by atoms with Crippen LogP contribution in [0.25, 0.3) is 0 Å². The first-order valence-corrected chi connectivity index (χ1v) is 11.7. The summed E-state index contributed by atoms with van der Waals surface area (Å²) in [4.78, 5) is 34.9. The molecule has 0 heterocycles. The number of ketones is 1. The van der Waals surface area contributed by atoms with Gasteiger partial charge in [0.05, 0.1) is 33.0 Å². The molecule has 0 bridgehead atoms. The van der Waals surface area contributed by atoms with Crippen LogP contribution in [0.5, 0.6) is 0 Å². The second-order valence-corrected chi connectivity index (χ2v) is 7.89. The number of hydrogen-bond donors (Lipinski definition) is 4. The van der Waals surface area contributed by atoms with Gasteiger partial charge in [0.15, 0.2) is 5.78 Å². The van der Waals surface area contributed by atoms with Gasteiger partial charge < -0.3 is 41.0 Å². The predicted molar refractivity (Wildman–Crippen MR) is 125 cm³/mol. The van der Waals surface area contributed by atoms with Crippen LogP contribution in [0.3, 0.4) is 0 Å². The Morgan fingerprint density at radius 3 is 2.09 bits per heavy atom. The van der Waals surface area contributed by atoms with Crippen molar-refractivity contribution in [2.24, 2.45) is 11.5 Å². The van der Waals surface area contributed by atoms with Crippen LogP contribution in [0.4, 0.5) is 0 Å². The number of hydrogen-bond acceptors (Lipinski definition) is 9. The first-order valence-electron chi connectivity index (χ1n) is 11.7. The van der Waals surface area contributed by atoms with Crippen molar-refractivity contribution < 1.29 is 33.3 Å². The number of rotatable bonds is 24. The van der Waals surface area contributed by atoms with Crippen LogP contribution in [-0.4, -0.2) is 95.6 Å². The first-order chi connectivity index (χ1) is 15.9. The highest BCUT2D eigenvalue weighted by atomic mass is 16.5. The fraction of sp³-hybridized carbons (Fsp3) is 0.864. The Labute approximate surface area is 197 Å². The number of Topliss-reactive ketones (excluding diaryl/α,β-unsaturated/α-hetero) is 1. The van der Waals surface area contributed by atoms with Gasteiger partial charge in [0.25, 0.3) is 0 Å². The Balaban J connectivity index is 3.52. The molecule has 0 rings (SSSR count). The summed E-state index contributed by atoms with van der Waals surface area (Å²) in [7, 11) is 0. The van der Waals surface area contributed by atoms with Crippen LogP contribution < -0.4 is 22.1 Å². The zero-order valence-corrected chi connectivity index (χ0v) is 20.3. The molecule has 11 heteroatoms. The molecule has 0 unspecified atom stereocenters. The van der Waals surface area contributed by atoms with Crippen LogP contribution in [0.15, 0.2) is 0 Å². The van der Waals surface area contributed by atoms with E-state index in [2.05, 4.69) is 24.5 Å². The Bertz CT molecular complexity index is 521. The summed E-state index contributed by atoms with van der Waals surface area (Å²) in [6.45, 7) is 7.77. The molecule has 0 aliphatic rings. The molecule has 0 saturated heterocycles. The summed E-state index contributed by atoms with van der Waals surface area (Å²) in [5.74, 6) is -0.968. The summed E-state index contributed by atoms with van der Waals surface area (Å²) in [6.07, 6.45) is 2.88. The fourth-order valence-electron chi connectivity index (χ4n) is 2.67. The smallest absolute Gasteiger partial charge is 0.246 e. The third kappa shape index (κ3) is 22.0. The summed E-state index contributed by atoms with van der Waals surface area (Å²) >= 11 is 0. The molecule has 0 radical (unpaired) electrons. The monoisotopic (exact) mass is 476 g/mol. The molecule has 6 N–H and O–H groups in total. The average Bonchev–Trinajstić information content (AvgIpc) is 2.76. The summed E-state index contributed by atoms with van der Waals surface area (Å²) < 4.78 is 21.3. The third-order valence-electron chi connectivity index (χ3n) is 4.41. The van der Waals surface area contributed by atoms with E-state index in [0.717, 1.165) is 13.0 Å². The number of nitrogens with two attached hydrogens (primary N) is 2. The molecule has 0 spiro atoms. The fourth-order valence-corrected chi connectivity index (χ4v) is 2.67. The van der Waals surface area contributed by atoms with Crippen molar-refractivity contribution in [1.29, 1.82) is 0 Å². The van der Waals surface area contributed by atoms with Gasteiger partial charge in [0, 0.05) is 25.6 Å². The van der Waals surface area contributed by atoms with Gasteiger partial charge in [-0.2, -0.15) is 0 Å². The Morgan fingerprint density at radius 2 is 1.45 bits per heavy atom. The van der Waals surface area contributed by atoms with Crippen molar-refractivity contribution in [3.63, 3.8) is 0 Å². The maximum Gasteiger partial charge on any atom is 0.246 e. The molecular formula is C22H44N4O7. The molecule has 0 fully saturated rings. The maximum atomic E-state index is 11.8. The van der Waals surface area contributed by atoms with E-state index in [4.69, 9.17) is 30.4 Å². The first kappa shape index (κ1) is 31.4. The van der Waals surface area contributed by atoms with E-state index in [0.29, 0.717) is 71.3 Å². The lowest BCUT2D eigenvalue weighted by molar-refractivity contribution is -0.131. The Morgan fingerprint density at radius 1 is 0.818 bits per heavy atom. The molecular weight excluding hydrogens is 432 g/mol. The van der Waals surface area contributed by atoms with Crippen LogP contribution in [0.1, 0.15) is 46.0 Å². The lowest BCUT2D eigenvalue weighted by atomic mass is 10.1. The van der Waals surface area contributed by atoms with Crippen molar-refractivity contribution in [2.75, 3.05) is 65.9 Å². The molecule has 33 heavy (non-hydrogen) atoms. The van der Waals surface area contributed by atoms with Crippen molar-refractivity contribution in [1.82, 2.24) is 10.6 Å². The second-order valence-electron chi connectivity index (χ2n) is 7.89. The lowest BCUT2D eigenvalue weighted by Crippen LogP contribution is -2.45. The topological polar surface area (TPSA) is 164 Å². The molecule has 2 amide bonds. The SMILES string of the molecule is CC(C)NCCOCCOCC(=O)CCCOCCOCC(=O)N[C@@H](CCCCN)C(N)=O. The van der Waals surface area contributed by atoms with Crippen LogP contribution >= 0.6 is 0 Å². The van der Waals surface area contributed by atoms with Crippen LogP contribution in [0.2, 0.25) is 0 Å². The molecule has 1 atom stereocenters. The molecule has 0 aliphatic carbocycles. The number of amides is 2. The van der Waals surface area contributed by atoms with E-state index in [-0.39, 0.29) is 25.6 Å². The van der Waals surface area contributed by atoms with Crippen molar-refractivity contribution >= 4 is 17.6 Å². The Hall–Kier alpha value is -1.63. The molecule has 0 saturated carbocycles. The predicted octanol–water partition coefficient (Wildman–Crippen LogP) is -0.501. The van der Waals surface area contributed by atoms with Gasteiger partial charge >= 0.3 is 0 Å². The van der Waals surface area contributed by atoms with Crippen LogP contribution in [-0.2, 0) is 33.3 Å². The maximum absolute atomic E-state index is 11.8. The van der Waals surface area contributed by atoms with Crippen molar-refractivity contribution in [3.8, 4) is 0 Å². The van der Waals surface area contributed by atoms with E-state index in [1.54, 1.807) is 0 Å². The van der Waals surface area contributed by atoms with E-state index in [9.17, 15) is 14.4 Å². The van der Waals surface area contributed by atoms with Crippen LogP contribution in [0, 0.1) is 0 Å². The van der Waals surface area contributed by atoms with Gasteiger partial charge in [0.1, 0.15) is 19.3 Å². The second kappa shape index (κ2) is 22.2. The van der Waals surface area contributed by atoms with Gasteiger partial charge in [-0.15, -0.1) is 0 Å². The Kier molecular flexibility index (Phi) is 21.1. The van der Waals surface area contributed by atoms with Gasteiger partial charge in [-0.3, -0.25) is 14.4 Å². The van der Waals surface area contributed by atoms with Gasteiger partial charge in [-0.25, -0.2) is 0 Å². The summed E-state index contributed by atoms with van der Waals surface area (Å²) in [5, 5.41) is 5.80. The quantitative estimate of drug-likeness (QED) is 0.134. The average molecular weight is 477 g/mol. The summed E-state index contributed by atoms with van der Waals surface area (Å²) in [5.41, 5.74) is 10.7. The highest BCUT2D eigenvalue weighted by molar-refractivity contribution is 5.86. The van der Waals surface area contributed by atoms with Crippen molar-refractivity contribution in [2.45, 2.75) is 58.0 Å².